The van der Waals surface area contributed by atoms with Crippen LogP contribution in [0, 0.1) is 0 Å². The molecule has 2 aliphatic heterocycles. The van der Waals surface area contributed by atoms with Gasteiger partial charge in [-0.1, -0.05) is 172 Å². The fraction of sp³-hybridized carbons (Fsp3) is 0.0769. The van der Waals surface area contributed by atoms with Crippen LogP contribution in [-0.2, 0) is 15.4 Å². The highest BCUT2D eigenvalue weighted by molar-refractivity contribution is 7.85. The molecule has 9 aromatic rings. The third kappa shape index (κ3) is 3.69. The molecule has 1 aromatic heterocycles. The molecule has 3 heteroatoms. The van der Waals surface area contributed by atoms with E-state index >= 15 is 4.57 Å². The molecule has 8 aromatic carbocycles. The Balaban J connectivity index is 1.27. The fourth-order valence-corrected chi connectivity index (χ4v) is 14.0. The monoisotopic (exact) mass is 721 g/mol. The average Bonchev–Trinajstić information content (AvgIpc) is 3.70. The van der Waals surface area contributed by atoms with Gasteiger partial charge in [-0.3, -0.25) is 0 Å². The number of nitrogens with zero attached hydrogens (tertiary/aromatic N) is 1. The van der Waals surface area contributed by atoms with E-state index in [1.165, 1.54) is 60.8 Å². The third-order valence-corrected chi connectivity index (χ3v) is 16.2. The molecule has 3 heterocycles. The SMILES string of the molecule is CC1(C)c2ccccc2-c2c(-c3ccc4c(c3)C3(c5ccccc5-n5c6ccccc6c6cccc3c65)c3ccccc3P4(=O)c3ccccc3)cccc21. The Morgan fingerprint density at radius 2 is 1.09 bits per heavy atom. The Kier molecular flexibility index (Phi) is 6.08. The summed E-state index contributed by atoms with van der Waals surface area (Å²) in [4.78, 5) is 0. The van der Waals surface area contributed by atoms with Gasteiger partial charge >= 0.3 is 0 Å². The zero-order chi connectivity index (χ0) is 36.7. The second kappa shape index (κ2) is 10.7. The van der Waals surface area contributed by atoms with E-state index in [1.54, 1.807) is 0 Å². The maximum absolute atomic E-state index is 16.5. The second-order valence-electron chi connectivity index (χ2n) is 15.9. The zero-order valence-corrected chi connectivity index (χ0v) is 31.5. The van der Waals surface area contributed by atoms with Crippen molar-refractivity contribution in [1.29, 1.82) is 0 Å². The molecule has 0 saturated carbocycles. The highest BCUT2D eigenvalue weighted by atomic mass is 31.2. The predicted octanol–water partition coefficient (Wildman–Crippen LogP) is 11.4. The van der Waals surface area contributed by atoms with E-state index in [-0.39, 0.29) is 5.41 Å². The van der Waals surface area contributed by atoms with E-state index in [1.807, 2.05) is 18.2 Å². The summed E-state index contributed by atoms with van der Waals surface area (Å²) in [5, 5.41) is 5.15. The standard InChI is InChI=1S/C52H36NOP/c1-51(2)39-22-8-6-19-38(39)49-35(20-14-25-42(49)51)33-30-31-48-44(32-33)52(41-24-10-13-29-47(41)55(48,54)34-16-4-3-5-17-34)40-23-9-12-28-46(40)53-45-27-11-7-18-36(45)37-21-15-26-43(52)50(37)53/h3-32H,1-2H3. The Labute approximate surface area is 320 Å². The van der Waals surface area contributed by atoms with Gasteiger partial charge in [0.15, 0.2) is 7.14 Å². The molecule has 0 N–H and O–H groups in total. The lowest BCUT2D eigenvalue weighted by atomic mass is 9.62. The molecule has 2 atom stereocenters. The van der Waals surface area contributed by atoms with E-state index < -0.39 is 12.6 Å². The van der Waals surface area contributed by atoms with Gasteiger partial charge in [-0.05, 0) is 79.9 Å². The van der Waals surface area contributed by atoms with Crippen LogP contribution in [0.5, 0.6) is 0 Å². The fourth-order valence-electron chi connectivity index (χ4n) is 10.8. The summed E-state index contributed by atoms with van der Waals surface area (Å²) in [5.41, 5.74) is 14.9. The quantitative estimate of drug-likeness (QED) is 0.163. The van der Waals surface area contributed by atoms with E-state index in [4.69, 9.17) is 0 Å². The van der Waals surface area contributed by atoms with E-state index in [0.717, 1.165) is 38.3 Å². The van der Waals surface area contributed by atoms with Gasteiger partial charge in [0.25, 0.3) is 0 Å². The van der Waals surface area contributed by atoms with Crippen molar-refractivity contribution in [2.45, 2.75) is 24.7 Å². The molecule has 2 nitrogen and oxygen atoms in total. The van der Waals surface area contributed by atoms with Crippen molar-refractivity contribution in [3.63, 3.8) is 0 Å². The lowest BCUT2D eigenvalue weighted by Gasteiger charge is -2.47. The van der Waals surface area contributed by atoms with Crippen molar-refractivity contribution >= 4 is 44.9 Å². The molecular formula is C52H36NOP. The van der Waals surface area contributed by atoms with E-state index in [9.17, 15) is 0 Å². The number of aromatic nitrogens is 1. The van der Waals surface area contributed by atoms with Gasteiger partial charge in [0.05, 0.1) is 22.1 Å². The molecular weight excluding hydrogens is 686 g/mol. The summed E-state index contributed by atoms with van der Waals surface area (Å²) in [6.07, 6.45) is 0. The molecule has 260 valence electrons. The maximum atomic E-state index is 16.5. The normalized spacial score (nSPS) is 19.5. The molecule has 1 aliphatic carbocycles. The summed E-state index contributed by atoms with van der Waals surface area (Å²) < 4.78 is 19.0. The predicted molar refractivity (Wildman–Crippen MR) is 229 cm³/mol. The molecule has 1 spiro atoms. The number of hydrogen-bond acceptors (Lipinski definition) is 1. The lowest BCUT2D eigenvalue weighted by molar-refractivity contribution is 0.590. The van der Waals surface area contributed by atoms with Crippen LogP contribution in [0.25, 0.3) is 49.7 Å². The van der Waals surface area contributed by atoms with Crippen LogP contribution >= 0.6 is 7.14 Å². The number of fused-ring (bicyclic) bond motifs is 14. The third-order valence-electron chi connectivity index (χ3n) is 13.1. The Hall–Kier alpha value is -6.21. The topological polar surface area (TPSA) is 22.0 Å². The molecule has 12 rings (SSSR count). The van der Waals surface area contributed by atoms with Gasteiger partial charge in [-0.25, -0.2) is 0 Å². The first-order valence-electron chi connectivity index (χ1n) is 19.2. The molecule has 0 bridgehead atoms. The minimum Gasteiger partial charge on any atom is -0.309 e. The molecule has 2 unspecified atom stereocenters. The van der Waals surface area contributed by atoms with Crippen molar-refractivity contribution < 1.29 is 4.57 Å². The molecule has 0 saturated heterocycles. The van der Waals surface area contributed by atoms with Crippen LogP contribution in [0.4, 0.5) is 0 Å². The first-order valence-corrected chi connectivity index (χ1v) is 20.9. The molecule has 0 fully saturated rings. The van der Waals surface area contributed by atoms with Crippen molar-refractivity contribution in [1.82, 2.24) is 4.57 Å². The Morgan fingerprint density at radius 3 is 1.96 bits per heavy atom. The zero-order valence-electron chi connectivity index (χ0n) is 30.6. The maximum Gasteiger partial charge on any atom is 0.171 e. The molecule has 55 heavy (non-hydrogen) atoms. The first-order chi connectivity index (χ1) is 26.9. The van der Waals surface area contributed by atoms with Crippen LogP contribution in [0.2, 0.25) is 0 Å². The summed E-state index contributed by atoms with van der Waals surface area (Å²) >= 11 is 0. The Bertz CT molecular complexity index is 3170. The van der Waals surface area contributed by atoms with E-state index in [2.05, 4.69) is 182 Å². The van der Waals surface area contributed by atoms with Gasteiger partial charge in [0.1, 0.15) is 0 Å². The van der Waals surface area contributed by atoms with Crippen LogP contribution in [0.1, 0.15) is 47.2 Å². The van der Waals surface area contributed by atoms with Crippen molar-refractivity contribution in [2.24, 2.45) is 0 Å². The lowest BCUT2D eigenvalue weighted by Crippen LogP contribution is -2.48. The van der Waals surface area contributed by atoms with Gasteiger partial charge in [-0.2, -0.15) is 0 Å². The smallest absolute Gasteiger partial charge is 0.171 e. The van der Waals surface area contributed by atoms with Crippen LogP contribution in [0.3, 0.4) is 0 Å². The van der Waals surface area contributed by atoms with Crippen molar-refractivity contribution in [3.8, 4) is 27.9 Å². The van der Waals surface area contributed by atoms with Crippen LogP contribution in [-0.4, -0.2) is 4.57 Å². The Morgan fingerprint density at radius 1 is 0.473 bits per heavy atom. The first kappa shape index (κ1) is 31.2. The van der Waals surface area contributed by atoms with E-state index in [0.29, 0.717) is 0 Å². The largest absolute Gasteiger partial charge is 0.309 e. The second-order valence-corrected chi connectivity index (χ2v) is 18.6. The van der Waals surface area contributed by atoms with Gasteiger partial charge in [0, 0.05) is 32.1 Å². The molecule has 0 radical (unpaired) electrons. The number of hydrogen-bond donors (Lipinski definition) is 0. The average molecular weight is 722 g/mol. The minimum absolute atomic E-state index is 0.120. The van der Waals surface area contributed by atoms with Crippen molar-refractivity contribution in [3.05, 3.63) is 215 Å². The highest BCUT2D eigenvalue weighted by Gasteiger charge is 2.54. The molecule has 3 aliphatic rings. The minimum atomic E-state index is -3.35. The summed E-state index contributed by atoms with van der Waals surface area (Å²) in [6.45, 7) is 4.68. The van der Waals surface area contributed by atoms with Crippen LogP contribution in [0.15, 0.2) is 182 Å². The molecule has 0 amide bonds. The van der Waals surface area contributed by atoms with Gasteiger partial charge < -0.3 is 9.13 Å². The number of rotatable bonds is 2. The summed E-state index contributed by atoms with van der Waals surface area (Å²) in [6, 6.07) is 65.9. The summed E-state index contributed by atoms with van der Waals surface area (Å²) in [5.74, 6) is 0. The van der Waals surface area contributed by atoms with Gasteiger partial charge in [-0.15, -0.1) is 0 Å². The van der Waals surface area contributed by atoms with Crippen LogP contribution < -0.4 is 15.9 Å². The van der Waals surface area contributed by atoms with Gasteiger partial charge in [0.2, 0.25) is 0 Å². The number of para-hydroxylation sites is 3. The summed E-state index contributed by atoms with van der Waals surface area (Å²) in [7, 11) is -3.35. The number of benzene rings is 8. The highest BCUT2D eigenvalue weighted by Crippen LogP contribution is 2.61. The van der Waals surface area contributed by atoms with Crippen molar-refractivity contribution in [2.75, 3.05) is 0 Å².